The van der Waals surface area contributed by atoms with E-state index >= 15 is 0 Å². The number of nitro groups is 1. The Morgan fingerprint density at radius 3 is 2.48 bits per heavy atom. The number of non-ortho nitro benzene ring substituents is 1. The van der Waals surface area contributed by atoms with Gasteiger partial charge in [0.15, 0.2) is 0 Å². The Kier molecular flexibility index (Phi) is 5.25. The highest BCUT2D eigenvalue weighted by Gasteiger charge is 2.24. The van der Waals surface area contributed by atoms with Gasteiger partial charge in [-0.25, -0.2) is 5.43 Å². The molecule has 1 atom stereocenters. The van der Waals surface area contributed by atoms with Crippen LogP contribution in [0, 0.1) is 16.0 Å². The van der Waals surface area contributed by atoms with Crippen LogP contribution in [-0.2, 0) is 4.79 Å². The molecule has 0 aromatic heterocycles. The van der Waals surface area contributed by atoms with Crippen molar-refractivity contribution in [3.05, 3.63) is 69.8 Å². The van der Waals surface area contributed by atoms with E-state index in [0.29, 0.717) is 17.7 Å². The standard InChI is InChI=1S/C19H18N4O4/c1-2-12-11-17(24)21-22-18(12)13-3-7-15(8-4-13)20-19(25)14-5-9-16(10-6-14)23(26)27/h3-10,12H,2,11H2,1H3,(H,20,25)(H,21,24). The first-order valence-electron chi connectivity index (χ1n) is 8.50. The van der Waals surface area contributed by atoms with E-state index in [0.717, 1.165) is 17.7 Å². The van der Waals surface area contributed by atoms with E-state index in [1.807, 2.05) is 19.1 Å². The number of amides is 2. The fourth-order valence-corrected chi connectivity index (χ4v) is 2.88. The zero-order valence-electron chi connectivity index (χ0n) is 14.6. The minimum Gasteiger partial charge on any atom is -0.322 e. The highest BCUT2D eigenvalue weighted by molar-refractivity contribution is 6.07. The number of benzene rings is 2. The number of nitrogens with zero attached hydrogens (tertiary/aromatic N) is 2. The Labute approximate surface area is 155 Å². The number of nitrogens with one attached hydrogen (secondary N) is 2. The van der Waals surface area contributed by atoms with Crippen LogP contribution in [0.15, 0.2) is 53.6 Å². The molecule has 0 saturated carbocycles. The van der Waals surface area contributed by atoms with Crippen molar-refractivity contribution in [3.63, 3.8) is 0 Å². The Morgan fingerprint density at radius 2 is 1.89 bits per heavy atom. The van der Waals surface area contributed by atoms with Crippen LogP contribution in [0.3, 0.4) is 0 Å². The number of hydrogen-bond acceptors (Lipinski definition) is 5. The van der Waals surface area contributed by atoms with Gasteiger partial charge in [0.25, 0.3) is 11.6 Å². The fourth-order valence-electron chi connectivity index (χ4n) is 2.88. The Morgan fingerprint density at radius 1 is 1.22 bits per heavy atom. The van der Waals surface area contributed by atoms with Crippen molar-refractivity contribution in [1.29, 1.82) is 0 Å². The SMILES string of the molecule is CCC1CC(=O)NN=C1c1ccc(NC(=O)c2ccc([N+](=O)[O-])cc2)cc1. The van der Waals surface area contributed by atoms with Gasteiger partial charge in [0, 0.05) is 35.7 Å². The topological polar surface area (TPSA) is 114 Å². The maximum Gasteiger partial charge on any atom is 0.269 e. The maximum atomic E-state index is 12.3. The van der Waals surface area contributed by atoms with E-state index < -0.39 is 4.92 Å². The maximum absolute atomic E-state index is 12.3. The predicted molar refractivity (Wildman–Crippen MR) is 101 cm³/mol. The number of nitro benzene ring substituents is 1. The molecule has 0 radical (unpaired) electrons. The van der Waals surface area contributed by atoms with E-state index in [-0.39, 0.29) is 23.4 Å². The lowest BCUT2D eigenvalue weighted by Crippen LogP contribution is -2.33. The van der Waals surface area contributed by atoms with Gasteiger partial charge in [-0.1, -0.05) is 19.1 Å². The summed E-state index contributed by atoms with van der Waals surface area (Å²) in [6, 6.07) is 12.6. The molecule has 2 N–H and O–H groups in total. The number of hydrogen-bond donors (Lipinski definition) is 2. The van der Waals surface area contributed by atoms with Gasteiger partial charge in [0.2, 0.25) is 5.91 Å². The molecule has 2 aromatic carbocycles. The molecule has 1 aliphatic heterocycles. The molecular weight excluding hydrogens is 348 g/mol. The number of rotatable bonds is 5. The van der Waals surface area contributed by atoms with Crippen molar-refractivity contribution in [2.24, 2.45) is 11.0 Å². The van der Waals surface area contributed by atoms with Crippen molar-refractivity contribution >= 4 is 28.9 Å². The molecule has 0 bridgehead atoms. The molecule has 27 heavy (non-hydrogen) atoms. The third-order valence-corrected chi connectivity index (χ3v) is 4.39. The second kappa shape index (κ2) is 7.77. The molecular formula is C19H18N4O4. The van der Waals surface area contributed by atoms with Crippen LogP contribution in [-0.4, -0.2) is 22.4 Å². The first kappa shape index (κ1) is 18.2. The summed E-state index contributed by atoms with van der Waals surface area (Å²) in [6.45, 7) is 2.01. The second-order valence-corrected chi connectivity index (χ2v) is 6.18. The smallest absolute Gasteiger partial charge is 0.269 e. The van der Waals surface area contributed by atoms with Crippen LogP contribution in [0.1, 0.15) is 35.7 Å². The molecule has 0 spiro atoms. The average Bonchev–Trinajstić information content (AvgIpc) is 2.68. The lowest BCUT2D eigenvalue weighted by atomic mass is 9.90. The van der Waals surface area contributed by atoms with Gasteiger partial charge in [-0.3, -0.25) is 19.7 Å². The molecule has 1 aliphatic rings. The molecule has 0 fully saturated rings. The Hall–Kier alpha value is -3.55. The highest BCUT2D eigenvalue weighted by Crippen LogP contribution is 2.21. The van der Waals surface area contributed by atoms with Crippen molar-refractivity contribution < 1.29 is 14.5 Å². The summed E-state index contributed by atoms with van der Waals surface area (Å²) < 4.78 is 0. The molecule has 1 heterocycles. The van der Waals surface area contributed by atoms with Crippen LogP contribution < -0.4 is 10.7 Å². The monoisotopic (exact) mass is 366 g/mol. The van der Waals surface area contributed by atoms with E-state index in [4.69, 9.17) is 0 Å². The zero-order chi connectivity index (χ0) is 19.4. The number of carbonyl (C=O) groups is 2. The van der Waals surface area contributed by atoms with Gasteiger partial charge in [-0.15, -0.1) is 0 Å². The highest BCUT2D eigenvalue weighted by atomic mass is 16.6. The van der Waals surface area contributed by atoms with E-state index in [1.165, 1.54) is 24.3 Å². The minimum absolute atomic E-state index is 0.0678. The molecule has 1 unspecified atom stereocenters. The summed E-state index contributed by atoms with van der Waals surface area (Å²) in [5.41, 5.74) is 5.07. The summed E-state index contributed by atoms with van der Waals surface area (Å²) >= 11 is 0. The molecule has 2 amide bonds. The van der Waals surface area contributed by atoms with Crippen molar-refractivity contribution in [3.8, 4) is 0 Å². The Balaban J connectivity index is 1.71. The zero-order valence-corrected chi connectivity index (χ0v) is 14.6. The third-order valence-electron chi connectivity index (χ3n) is 4.39. The van der Waals surface area contributed by atoms with Crippen LogP contribution in [0.5, 0.6) is 0 Å². The summed E-state index contributed by atoms with van der Waals surface area (Å²) in [4.78, 5) is 33.9. The largest absolute Gasteiger partial charge is 0.322 e. The van der Waals surface area contributed by atoms with Crippen molar-refractivity contribution in [2.75, 3.05) is 5.32 Å². The van der Waals surface area contributed by atoms with Crippen molar-refractivity contribution in [1.82, 2.24) is 5.43 Å². The first-order valence-corrected chi connectivity index (χ1v) is 8.50. The molecule has 2 aromatic rings. The third kappa shape index (κ3) is 4.17. The van der Waals surface area contributed by atoms with Gasteiger partial charge in [0.1, 0.15) is 0 Å². The molecule has 8 heteroatoms. The molecule has 8 nitrogen and oxygen atoms in total. The summed E-state index contributed by atoms with van der Waals surface area (Å²) in [7, 11) is 0. The predicted octanol–water partition coefficient (Wildman–Crippen LogP) is 3.10. The van der Waals surface area contributed by atoms with Crippen LogP contribution >= 0.6 is 0 Å². The molecule has 3 rings (SSSR count). The lowest BCUT2D eigenvalue weighted by Gasteiger charge is -2.21. The van der Waals surface area contributed by atoms with E-state index in [9.17, 15) is 19.7 Å². The van der Waals surface area contributed by atoms with Crippen molar-refractivity contribution in [2.45, 2.75) is 19.8 Å². The molecule has 138 valence electrons. The quantitative estimate of drug-likeness (QED) is 0.625. The fraction of sp³-hybridized carbons (Fsp3) is 0.211. The van der Waals surface area contributed by atoms with Gasteiger partial charge in [0.05, 0.1) is 10.6 Å². The molecule has 0 aliphatic carbocycles. The van der Waals surface area contributed by atoms with Gasteiger partial charge >= 0.3 is 0 Å². The van der Waals surface area contributed by atoms with Gasteiger partial charge < -0.3 is 5.32 Å². The van der Waals surface area contributed by atoms with Gasteiger partial charge in [-0.2, -0.15) is 5.10 Å². The lowest BCUT2D eigenvalue weighted by molar-refractivity contribution is -0.384. The van der Waals surface area contributed by atoms with Crippen LogP contribution in [0.25, 0.3) is 0 Å². The first-order chi connectivity index (χ1) is 13.0. The number of anilines is 1. The number of hydrazone groups is 1. The summed E-state index contributed by atoms with van der Waals surface area (Å²) in [5, 5.41) is 17.6. The average molecular weight is 366 g/mol. The van der Waals surface area contributed by atoms with Crippen LogP contribution in [0.2, 0.25) is 0 Å². The minimum atomic E-state index is -0.514. The summed E-state index contributed by atoms with van der Waals surface area (Å²) in [5.74, 6) is -0.372. The Bertz CT molecular complexity index is 904. The second-order valence-electron chi connectivity index (χ2n) is 6.18. The van der Waals surface area contributed by atoms with Gasteiger partial charge in [-0.05, 0) is 36.2 Å². The van der Waals surface area contributed by atoms with Crippen LogP contribution in [0.4, 0.5) is 11.4 Å². The van der Waals surface area contributed by atoms with E-state index in [2.05, 4.69) is 15.8 Å². The van der Waals surface area contributed by atoms with E-state index in [1.54, 1.807) is 12.1 Å². The molecule has 0 saturated heterocycles. The number of carbonyl (C=O) groups excluding carboxylic acids is 2. The summed E-state index contributed by atoms with van der Waals surface area (Å²) in [6.07, 6.45) is 1.22. The normalized spacial score (nSPS) is 16.3.